The minimum absolute atomic E-state index is 0.0985. The number of nitrogens with one attached hydrogen (secondary N) is 2. The largest absolute Gasteiger partial charge is 0.368 e. The van der Waals surface area contributed by atoms with E-state index in [4.69, 9.17) is 5.41 Å². The van der Waals surface area contributed by atoms with Gasteiger partial charge in [-0.25, -0.2) is 0 Å². The van der Waals surface area contributed by atoms with Gasteiger partial charge < -0.3 is 20.5 Å². The molecule has 2 heterocycles. The summed E-state index contributed by atoms with van der Waals surface area (Å²) in [5, 5.41) is 10.4. The number of Topliss-reactive ketones (excluding diaryl/α,β-unsaturated/α-hetero) is 1. The molecule has 0 saturated carbocycles. The molecule has 0 spiro atoms. The third kappa shape index (κ3) is 3.12. The zero-order valence-corrected chi connectivity index (χ0v) is 11.4. The van der Waals surface area contributed by atoms with Crippen LogP contribution in [0.2, 0.25) is 0 Å². The highest BCUT2D eigenvalue weighted by Crippen LogP contribution is 2.15. The first-order chi connectivity index (χ1) is 9.11. The zero-order valence-electron chi connectivity index (χ0n) is 11.4. The molecule has 0 aromatic heterocycles. The summed E-state index contributed by atoms with van der Waals surface area (Å²) in [6, 6.07) is 0. The molecular weight excluding hydrogens is 240 g/mol. The normalized spacial score (nSPS) is 22.6. The van der Waals surface area contributed by atoms with Crippen LogP contribution in [0.3, 0.4) is 0 Å². The number of allylic oxidation sites excluding steroid dienone is 3. The fraction of sp³-hybridized carbons (Fsp3) is 0.429. The number of rotatable bonds is 3. The average molecular weight is 260 g/mol. The summed E-state index contributed by atoms with van der Waals surface area (Å²) >= 11 is 0. The number of hydrogen-bond acceptors (Lipinski definition) is 5. The molecule has 0 radical (unpaired) electrons. The Morgan fingerprint density at radius 1 is 1.32 bits per heavy atom. The van der Waals surface area contributed by atoms with Gasteiger partial charge in [0.05, 0.1) is 17.0 Å². The second kappa shape index (κ2) is 5.84. The lowest BCUT2D eigenvalue weighted by Crippen LogP contribution is -2.44. The van der Waals surface area contributed by atoms with Gasteiger partial charge in [0, 0.05) is 38.6 Å². The number of likely N-dealkylation sites (N-methyl/N-ethyl adjacent to an activating group) is 1. The van der Waals surface area contributed by atoms with E-state index in [2.05, 4.69) is 22.2 Å². The monoisotopic (exact) mass is 260 g/mol. The molecule has 1 fully saturated rings. The molecule has 2 aliphatic heterocycles. The molecule has 0 aromatic rings. The molecule has 102 valence electrons. The quantitative estimate of drug-likeness (QED) is 0.580. The third-order valence-corrected chi connectivity index (χ3v) is 3.48. The fourth-order valence-electron chi connectivity index (χ4n) is 2.21. The Bertz CT molecular complexity index is 468. The van der Waals surface area contributed by atoms with Gasteiger partial charge >= 0.3 is 0 Å². The molecule has 1 saturated heterocycles. The first-order valence-corrected chi connectivity index (χ1v) is 6.46. The Kier molecular flexibility index (Phi) is 4.16. The van der Waals surface area contributed by atoms with Crippen LogP contribution >= 0.6 is 0 Å². The topological polar surface area (TPSA) is 59.4 Å². The number of hydrogen-bond donors (Lipinski definition) is 2. The molecule has 0 aliphatic carbocycles. The highest BCUT2D eigenvalue weighted by molar-refractivity contribution is 6.12. The molecule has 0 bridgehead atoms. The van der Waals surface area contributed by atoms with E-state index in [0.717, 1.165) is 38.1 Å². The Labute approximate surface area is 113 Å². The van der Waals surface area contributed by atoms with Crippen molar-refractivity contribution in [2.45, 2.75) is 6.92 Å². The summed E-state index contributed by atoms with van der Waals surface area (Å²) in [7, 11) is 2.13. The van der Waals surface area contributed by atoms with Crippen molar-refractivity contribution in [1.29, 1.82) is 5.41 Å². The van der Waals surface area contributed by atoms with Crippen molar-refractivity contribution in [2.24, 2.45) is 0 Å². The second-order valence-corrected chi connectivity index (χ2v) is 4.87. The van der Waals surface area contributed by atoms with Gasteiger partial charge in [-0.05, 0) is 26.1 Å². The fourth-order valence-corrected chi connectivity index (χ4v) is 2.21. The number of piperazine rings is 1. The summed E-state index contributed by atoms with van der Waals surface area (Å²) in [5.41, 5.74) is 2.23. The molecule has 0 unspecified atom stereocenters. The van der Waals surface area contributed by atoms with E-state index in [1.807, 2.05) is 18.4 Å². The summed E-state index contributed by atoms with van der Waals surface area (Å²) in [6.07, 6.45) is 6.88. The molecular formula is C14H20N4O. The molecule has 0 atom stereocenters. The van der Waals surface area contributed by atoms with Crippen LogP contribution in [0.4, 0.5) is 0 Å². The summed E-state index contributed by atoms with van der Waals surface area (Å²) in [4.78, 5) is 16.0. The van der Waals surface area contributed by atoms with Crippen molar-refractivity contribution < 1.29 is 4.79 Å². The lowest BCUT2D eigenvalue weighted by atomic mass is 10.1. The van der Waals surface area contributed by atoms with Gasteiger partial charge in [-0.15, -0.1) is 0 Å². The predicted octanol–water partition coefficient (Wildman–Crippen LogP) is 0.727. The molecule has 0 aromatic carbocycles. The van der Waals surface area contributed by atoms with Gasteiger partial charge in [-0.3, -0.25) is 4.79 Å². The van der Waals surface area contributed by atoms with Crippen LogP contribution in [-0.2, 0) is 4.79 Å². The van der Waals surface area contributed by atoms with Gasteiger partial charge in [0.2, 0.25) is 0 Å². The van der Waals surface area contributed by atoms with E-state index in [1.165, 1.54) is 6.92 Å². The van der Waals surface area contributed by atoms with Gasteiger partial charge in [0.1, 0.15) is 0 Å². The van der Waals surface area contributed by atoms with E-state index in [-0.39, 0.29) is 5.78 Å². The minimum Gasteiger partial charge on any atom is -0.368 e. The van der Waals surface area contributed by atoms with E-state index < -0.39 is 0 Å². The lowest BCUT2D eigenvalue weighted by molar-refractivity contribution is -0.113. The van der Waals surface area contributed by atoms with E-state index in [0.29, 0.717) is 11.3 Å². The zero-order chi connectivity index (χ0) is 13.8. The first-order valence-electron chi connectivity index (χ1n) is 6.46. The smallest absolute Gasteiger partial charge is 0.163 e. The number of carbonyl (C=O) groups excluding carboxylic acids is 1. The minimum atomic E-state index is -0.0985. The number of ketones is 1. The van der Waals surface area contributed by atoms with Crippen molar-refractivity contribution in [3.63, 3.8) is 0 Å². The van der Waals surface area contributed by atoms with Crippen molar-refractivity contribution in [3.8, 4) is 0 Å². The Morgan fingerprint density at radius 2 is 2.00 bits per heavy atom. The van der Waals surface area contributed by atoms with Crippen molar-refractivity contribution in [2.75, 3.05) is 33.2 Å². The Balaban J connectivity index is 2.07. The summed E-state index contributed by atoms with van der Waals surface area (Å²) in [6.45, 7) is 5.62. The molecule has 5 nitrogen and oxygen atoms in total. The molecule has 19 heavy (non-hydrogen) atoms. The number of nitrogens with zero attached hydrogens (tertiary/aromatic N) is 2. The van der Waals surface area contributed by atoms with Gasteiger partial charge in [-0.2, -0.15) is 0 Å². The number of dihydropyridines is 1. The number of carbonyl (C=O) groups is 1. The van der Waals surface area contributed by atoms with Crippen LogP contribution in [0.25, 0.3) is 0 Å². The van der Waals surface area contributed by atoms with E-state index >= 15 is 0 Å². The van der Waals surface area contributed by atoms with Crippen LogP contribution in [0, 0.1) is 5.41 Å². The van der Waals surface area contributed by atoms with E-state index in [9.17, 15) is 4.79 Å². The Hall–Kier alpha value is -1.88. The van der Waals surface area contributed by atoms with Gasteiger partial charge in [-0.1, -0.05) is 0 Å². The van der Waals surface area contributed by atoms with Crippen LogP contribution in [-0.4, -0.2) is 55.0 Å². The van der Waals surface area contributed by atoms with Crippen molar-refractivity contribution >= 4 is 12.0 Å². The van der Waals surface area contributed by atoms with Gasteiger partial charge in [0.15, 0.2) is 5.78 Å². The second-order valence-electron chi connectivity index (χ2n) is 4.87. The van der Waals surface area contributed by atoms with E-state index in [1.54, 1.807) is 0 Å². The van der Waals surface area contributed by atoms with Crippen molar-refractivity contribution in [3.05, 3.63) is 35.3 Å². The van der Waals surface area contributed by atoms with Crippen LogP contribution < -0.4 is 5.32 Å². The molecule has 2 N–H and O–H groups in total. The molecule has 2 rings (SSSR count). The highest BCUT2D eigenvalue weighted by Gasteiger charge is 2.17. The third-order valence-electron chi connectivity index (χ3n) is 3.48. The summed E-state index contributed by atoms with van der Waals surface area (Å²) < 4.78 is 0. The first kappa shape index (κ1) is 13.5. The Morgan fingerprint density at radius 3 is 2.47 bits per heavy atom. The van der Waals surface area contributed by atoms with Crippen molar-refractivity contribution in [1.82, 2.24) is 15.1 Å². The van der Waals surface area contributed by atoms with Crippen LogP contribution in [0.15, 0.2) is 35.3 Å². The lowest BCUT2D eigenvalue weighted by Gasteiger charge is -2.35. The van der Waals surface area contributed by atoms with Crippen LogP contribution in [0.5, 0.6) is 0 Å². The maximum atomic E-state index is 11.4. The maximum absolute atomic E-state index is 11.4. The standard InChI is InChI=1S/C14H20N4O/c1-11(19)13(9-15)14-4-3-12(10-16-14)18-7-5-17(2)6-8-18/h3-4,9-10,15-16H,5-8H2,1-2H3/b14-13+,15-9?. The highest BCUT2D eigenvalue weighted by atomic mass is 16.1. The SMILES string of the molecule is CC(=O)/C(C=N)=C1\C=CC(N2CCN(C)CC2)=CN1. The molecule has 0 amide bonds. The van der Waals surface area contributed by atoms with Gasteiger partial charge in [0.25, 0.3) is 0 Å². The average Bonchev–Trinajstić information content (AvgIpc) is 2.41. The molecule has 5 heteroatoms. The van der Waals surface area contributed by atoms with Crippen LogP contribution in [0.1, 0.15) is 6.92 Å². The summed E-state index contributed by atoms with van der Waals surface area (Å²) in [5.74, 6) is -0.0985. The maximum Gasteiger partial charge on any atom is 0.163 e. The predicted molar refractivity (Wildman–Crippen MR) is 75.9 cm³/mol. The molecule has 2 aliphatic rings.